The summed E-state index contributed by atoms with van der Waals surface area (Å²) >= 11 is 0. The van der Waals surface area contributed by atoms with Gasteiger partial charge in [0.1, 0.15) is 11.5 Å². The normalized spacial score (nSPS) is 10.7. The van der Waals surface area contributed by atoms with E-state index >= 15 is 0 Å². The molecule has 0 spiro atoms. The monoisotopic (exact) mass is 339 g/mol. The number of rotatable bonds is 6. The van der Waals surface area contributed by atoms with Crippen molar-refractivity contribution in [1.82, 2.24) is 15.1 Å². The van der Waals surface area contributed by atoms with E-state index in [-0.39, 0.29) is 11.7 Å². The van der Waals surface area contributed by atoms with Crippen LogP contribution in [0.15, 0.2) is 46.9 Å². The van der Waals surface area contributed by atoms with Gasteiger partial charge in [0.25, 0.3) is 5.91 Å². The molecule has 0 unspecified atom stereocenters. The number of ether oxygens (including phenoxy) is 1. The van der Waals surface area contributed by atoms with Crippen LogP contribution < -0.4 is 10.1 Å². The van der Waals surface area contributed by atoms with Crippen molar-refractivity contribution in [3.63, 3.8) is 0 Å². The van der Waals surface area contributed by atoms with Crippen LogP contribution in [-0.2, 0) is 13.1 Å². The Kier molecular flexibility index (Phi) is 4.88. The summed E-state index contributed by atoms with van der Waals surface area (Å²) < 4.78 is 12.8. The van der Waals surface area contributed by atoms with Crippen molar-refractivity contribution >= 4 is 5.91 Å². The molecule has 6 nitrogen and oxygen atoms in total. The molecule has 0 fully saturated rings. The average Bonchev–Trinajstić information content (AvgIpc) is 3.19. The Morgan fingerprint density at radius 3 is 2.76 bits per heavy atom. The lowest BCUT2D eigenvalue weighted by molar-refractivity contribution is 0.0921. The zero-order valence-electron chi connectivity index (χ0n) is 14.6. The minimum Gasteiger partial charge on any atom is -0.496 e. The summed E-state index contributed by atoms with van der Waals surface area (Å²) in [6.07, 6.45) is 0. The quantitative estimate of drug-likeness (QED) is 0.749. The molecule has 25 heavy (non-hydrogen) atoms. The predicted octanol–water partition coefficient (Wildman–Crippen LogP) is 3.08. The van der Waals surface area contributed by atoms with Crippen LogP contribution in [-0.4, -0.2) is 22.8 Å². The highest BCUT2D eigenvalue weighted by molar-refractivity contribution is 5.91. The molecule has 6 heteroatoms. The lowest BCUT2D eigenvalue weighted by atomic mass is 10.2. The molecule has 0 bridgehead atoms. The highest BCUT2D eigenvalue weighted by atomic mass is 16.5. The standard InChI is InChI=1S/C19H21N3O3/c1-13-10-14(2)22(21-13)12-16-8-9-18(25-16)19(23)20-11-15-6-4-5-7-17(15)24-3/h4-10H,11-12H2,1-3H3,(H,20,23). The molecule has 2 heterocycles. The number of aromatic nitrogens is 2. The molecule has 0 saturated carbocycles. The van der Waals surface area contributed by atoms with Crippen LogP contribution in [0.3, 0.4) is 0 Å². The molecular formula is C19H21N3O3. The van der Waals surface area contributed by atoms with Gasteiger partial charge in [0.05, 0.1) is 19.3 Å². The van der Waals surface area contributed by atoms with E-state index in [0.29, 0.717) is 18.8 Å². The first kappa shape index (κ1) is 16.8. The van der Waals surface area contributed by atoms with Gasteiger partial charge in [-0.15, -0.1) is 0 Å². The number of benzene rings is 1. The van der Waals surface area contributed by atoms with E-state index in [1.807, 2.05) is 48.9 Å². The summed E-state index contributed by atoms with van der Waals surface area (Å²) in [6, 6.07) is 13.1. The SMILES string of the molecule is COc1ccccc1CNC(=O)c1ccc(Cn2nc(C)cc2C)o1. The van der Waals surface area contributed by atoms with Gasteiger partial charge < -0.3 is 14.5 Å². The molecule has 1 N–H and O–H groups in total. The minimum atomic E-state index is -0.259. The summed E-state index contributed by atoms with van der Waals surface area (Å²) in [6.45, 7) is 4.81. The molecule has 3 rings (SSSR count). The van der Waals surface area contributed by atoms with Gasteiger partial charge in [-0.2, -0.15) is 5.10 Å². The Bertz CT molecular complexity index is 880. The number of nitrogens with zero attached hydrogens (tertiary/aromatic N) is 2. The number of carbonyl (C=O) groups is 1. The lowest BCUT2D eigenvalue weighted by Gasteiger charge is -2.08. The summed E-state index contributed by atoms with van der Waals surface area (Å²) in [7, 11) is 1.61. The number of aryl methyl sites for hydroxylation is 2. The van der Waals surface area contributed by atoms with E-state index in [9.17, 15) is 4.79 Å². The molecule has 0 aliphatic carbocycles. The number of carbonyl (C=O) groups excluding carboxylic acids is 1. The van der Waals surface area contributed by atoms with Crippen molar-refractivity contribution in [3.05, 3.63) is 70.9 Å². The fourth-order valence-corrected chi connectivity index (χ4v) is 2.68. The maximum Gasteiger partial charge on any atom is 0.287 e. The maximum absolute atomic E-state index is 12.3. The van der Waals surface area contributed by atoms with E-state index in [2.05, 4.69) is 10.4 Å². The molecule has 1 aromatic carbocycles. The van der Waals surface area contributed by atoms with Gasteiger partial charge in [-0.05, 0) is 38.1 Å². The second-order valence-electron chi connectivity index (χ2n) is 5.85. The van der Waals surface area contributed by atoms with Gasteiger partial charge in [0, 0.05) is 17.8 Å². The molecular weight excluding hydrogens is 318 g/mol. The highest BCUT2D eigenvalue weighted by Gasteiger charge is 2.13. The van der Waals surface area contributed by atoms with Crippen LogP contribution in [0.25, 0.3) is 0 Å². The Labute approximate surface area is 146 Å². The fourth-order valence-electron chi connectivity index (χ4n) is 2.68. The fraction of sp³-hybridized carbons (Fsp3) is 0.263. The van der Waals surface area contributed by atoms with Crippen LogP contribution in [0.4, 0.5) is 0 Å². The van der Waals surface area contributed by atoms with Crippen molar-refractivity contribution in [1.29, 1.82) is 0 Å². The second kappa shape index (κ2) is 7.25. The maximum atomic E-state index is 12.3. The van der Waals surface area contributed by atoms with Crippen molar-refractivity contribution in [2.75, 3.05) is 7.11 Å². The summed E-state index contributed by atoms with van der Waals surface area (Å²) in [4.78, 5) is 12.3. The molecule has 0 radical (unpaired) electrons. The Balaban J connectivity index is 1.63. The first-order chi connectivity index (χ1) is 12.1. The lowest BCUT2D eigenvalue weighted by Crippen LogP contribution is -2.22. The second-order valence-corrected chi connectivity index (χ2v) is 5.85. The number of nitrogens with one attached hydrogen (secondary N) is 1. The topological polar surface area (TPSA) is 69.3 Å². The number of methoxy groups -OCH3 is 1. The van der Waals surface area contributed by atoms with E-state index < -0.39 is 0 Å². The number of hydrogen-bond acceptors (Lipinski definition) is 4. The van der Waals surface area contributed by atoms with Gasteiger partial charge in [-0.1, -0.05) is 18.2 Å². The Morgan fingerprint density at radius 1 is 1.24 bits per heavy atom. The van der Waals surface area contributed by atoms with Gasteiger partial charge in [0.15, 0.2) is 5.76 Å². The number of hydrogen-bond donors (Lipinski definition) is 1. The largest absolute Gasteiger partial charge is 0.496 e. The molecule has 130 valence electrons. The van der Waals surface area contributed by atoms with Gasteiger partial charge in [-0.25, -0.2) is 0 Å². The van der Waals surface area contributed by atoms with Gasteiger partial charge in [-0.3, -0.25) is 9.48 Å². The highest BCUT2D eigenvalue weighted by Crippen LogP contribution is 2.17. The molecule has 2 aromatic heterocycles. The smallest absolute Gasteiger partial charge is 0.287 e. The third kappa shape index (κ3) is 3.91. The molecule has 1 amide bonds. The first-order valence-electron chi connectivity index (χ1n) is 8.06. The van der Waals surface area contributed by atoms with Crippen LogP contribution in [0.5, 0.6) is 5.75 Å². The van der Waals surface area contributed by atoms with Crippen LogP contribution in [0, 0.1) is 13.8 Å². The van der Waals surface area contributed by atoms with Crippen LogP contribution in [0.2, 0.25) is 0 Å². The van der Waals surface area contributed by atoms with Crippen LogP contribution >= 0.6 is 0 Å². The Hall–Kier alpha value is -3.02. The Morgan fingerprint density at radius 2 is 2.04 bits per heavy atom. The molecule has 3 aromatic rings. The third-order valence-corrected chi connectivity index (χ3v) is 3.93. The van der Waals surface area contributed by atoms with E-state index in [1.54, 1.807) is 19.2 Å². The summed E-state index contributed by atoms with van der Waals surface area (Å²) in [5.41, 5.74) is 2.92. The van der Waals surface area contributed by atoms with Crippen LogP contribution in [0.1, 0.15) is 33.3 Å². The third-order valence-electron chi connectivity index (χ3n) is 3.93. The minimum absolute atomic E-state index is 0.259. The van der Waals surface area contributed by atoms with E-state index in [1.165, 1.54) is 0 Å². The summed E-state index contributed by atoms with van der Waals surface area (Å²) in [5, 5.41) is 7.24. The number of amides is 1. The molecule has 0 aliphatic rings. The van der Waals surface area contributed by atoms with Gasteiger partial charge in [0.2, 0.25) is 0 Å². The zero-order chi connectivity index (χ0) is 17.8. The predicted molar refractivity (Wildman–Crippen MR) is 93.7 cm³/mol. The van der Waals surface area contributed by atoms with E-state index in [4.69, 9.17) is 9.15 Å². The molecule has 0 saturated heterocycles. The summed E-state index contributed by atoms with van der Waals surface area (Å²) in [5.74, 6) is 1.46. The van der Waals surface area contributed by atoms with Crippen molar-refractivity contribution in [2.24, 2.45) is 0 Å². The van der Waals surface area contributed by atoms with Crippen molar-refractivity contribution < 1.29 is 13.9 Å². The number of para-hydroxylation sites is 1. The molecule has 0 aliphatic heterocycles. The first-order valence-corrected chi connectivity index (χ1v) is 8.06. The number of furan rings is 1. The average molecular weight is 339 g/mol. The van der Waals surface area contributed by atoms with Gasteiger partial charge >= 0.3 is 0 Å². The van der Waals surface area contributed by atoms with Crippen molar-refractivity contribution in [2.45, 2.75) is 26.9 Å². The van der Waals surface area contributed by atoms with Crippen molar-refractivity contribution in [3.8, 4) is 5.75 Å². The zero-order valence-corrected chi connectivity index (χ0v) is 14.6. The molecule has 0 atom stereocenters. The van der Waals surface area contributed by atoms with E-state index in [0.717, 1.165) is 22.7 Å².